The molecular weight excluding hydrogens is 384 g/mol. The van der Waals surface area contributed by atoms with E-state index in [4.69, 9.17) is 0 Å². The molecule has 0 radical (unpaired) electrons. The van der Waals surface area contributed by atoms with Crippen LogP contribution >= 0.6 is 0 Å². The summed E-state index contributed by atoms with van der Waals surface area (Å²) < 4.78 is 0. The number of aromatic hydroxyl groups is 2. The van der Waals surface area contributed by atoms with Crippen LogP contribution in [0.1, 0.15) is 81.8 Å². The number of phenols is 2. The number of nitrogens with one attached hydrogen (secondary N) is 2. The molecule has 0 aliphatic carbocycles. The van der Waals surface area contributed by atoms with Crippen LogP contribution < -0.4 is 10.6 Å². The van der Waals surface area contributed by atoms with Gasteiger partial charge in [0.1, 0.15) is 11.5 Å². The van der Waals surface area contributed by atoms with Gasteiger partial charge in [-0.25, -0.2) is 0 Å². The summed E-state index contributed by atoms with van der Waals surface area (Å²) in [5, 5.41) is 28.5. The Hall–Kier alpha value is -2.04. The molecule has 172 valence electrons. The predicted octanol–water partition coefficient (Wildman–Crippen LogP) is 5.58. The van der Waals surface area contributed by atoms with Crippen molar-refractivity contribution in [2.24, 2.45) is 0 Å². The number of hydrogen-bond donors (Lipinski definition) is 4. The van der Waals surface area contributed by atoms with Gasteiger partial charge in [0.25, 0.3) is 0 Å². The average molecular weight is 427 g/mol. The average Bonchev–Trinajstić information content (AvgIpc) is 2.62. The molecule has 0 aliphatic heterocycles. The second kappa shape index (κ2) is 9.62. The first-order chi connectivity index (χ1) is 14.2. The van der Waals surface area contributed by atoms with E-state index in [-0.39, 0.29) is 16.9 Å². The Morgan fingerprint density at radius 2 is 1.16 bits per heavy atom. The summed E-state index contributed by atoms with van der Waals surface area (Å²) in [6.45, 7) is 21.0. The highest BCUT2D eigenvalue weighted by Gasteiger charge is 2.22. The number of phenolic OH excluding ortho intramolecular Hbond substituents is 2. The molecule has 0 saturated carbocycles. The monoisotopic (exact) mass is 426 g/mol. The molecule has 4 heteroatoms. The molecule has 1 atom stereocenters. The first kappa shape index (κ1) is 25.2. The summed E-state index contributed by atoms with van der Waals surface area (Å²) in [7, 11) is 0. The van der Waals surface area contributed by atoms with Crippen molar-refractivity contribution in [3.63, 3.8) is 0 Å². The summed E-state index contributed by atoms with van der Waals surface area (Å²) in [4.78, 5) is 0. The smallest absolute Gasteiger partial charge is 0.123 e. The standard InChI is InChI=1S/C27H42N2O2/c1-17-10-20(24(30)22(12-17)26(4,5)6)15-28-14-19(3)29-16-21-11-18(2)13-23(25(21)31)27(7,8)9/h10-13,19,28-31H,14-16H2,1-9H3/t19-/m0/s1. The fourth-order valence-corrected chi connectivity index (χ4v) is 3.90. The highest BCUT2D eigenvalue weighted by Crippen LogP contribution is 2.35. The number of benzene rings is 2. The number of hydrogen-bond acceptors (Lipinski definition) is 4. The van der Waals surface area contributed by atoms with Gasteiger partial charge in [-0.3, -0.25) is 0 Å². The molecule has 0 spiro atoms. The molecule has 0 heterocycles. The first-order valence-electron chi connectivity index (χ1n) is 11.3. The van der Waals surface area contributed by atoms with Crippen molar-refractivity contribution in [2.45, 2.75) is 92.3 Å². The molecule has 0 fully saturated rings. The van der Waals surface area contributed by atoms with E-state index in [0.717, 1.165) is 39.9 Å². The minimum Gasteiger partial charge on any atom is -0.507 e. The Morgan fingerprint density at radius 3 is 1.58 bits per heavy atom. The molecule has 2 aromatic rings. The van der Waals surface area contributed by atoms with Gasteiger partial charge < -0.3 is 20.8 Å². The van der Waals surface area contributed by atoms with Crippen LogP contribution in [0.3, 0.4) is 0 Å². The van der Waals surface area contributed by atoms with Gasteiger partial charge >= 0.3 is 0 Å². The second-order valence-corrected chi connectivity index (χ2v) is 11.1. The van der Waals surface area contributed by atoms with Crippen molar-refractivity contribution in [2.75, 3.05) is 6.54 Å². The lowest BCUT2D eigenvalue weighted by molar-refractivity contribution is 0.427. The molecule has 0 aromatic heterocycles. The van der Waals surface area contributed by atoms with Crippen molar-refractivity contribution < 1.29 is 10.2 Å². The first-order valence-corrected chi connectivity index (χ1v) is 11.3. The maximum absolute atomic E-state index is 10.8. The summed E-state index contributed by atoms with van der Waals surface area (Å²) in [6, 6.07) is 8.46. The van der Waals surface area contributed by atoms with Gasteiger partial charge in [0.15, 0.2) is 0 Å². The van der Waals surface area contributed by atoms with Crippen LogP contribution in [-0.2, 0) is 23.9 Å². The molecule has 0 unspecified atom stereocenters. The second-order valence-electron chi connectivity index (χ2n) is 11.1. The number of aryl methyl sites for hydroxylation is 2. The third-order valence-corrected chi connectivity index (χ3v) is 5.69. The minimum absolute atomic E-state index is 0.0958. The zero-order valence-electron chi connectivity index (χ0n) is 20.9. The molecule has 0 amide bonds. The zero-order valence-corrected chi connectivity index (χ0v) is 20.9. The van der Waals surface area contributed by atoms with Gasteiger partial charge in [0.05, 0.1) is 0 Å². The van der Waals surface area contributed by atoms with E-state index >= 15 is 0 Å². The van der Waals surface area contributed by atoms with Crippen molar-refractivity contribution >= 4 is 0 Å². The largest absolute Gasteiger partial charge is 0.507 e. The van der Waals surface area contributed by atoms with E-state index in [1.54, 1.807) is 0 Å². The van der Waals surface area contributed by atoms with E-state index in [1.165, 1.54) is 0 Å². The molecule has 0 saturated heterocycles. The van der Waals surface area contributed by atoms with Crippen molar-refractivity contribution in [3.8, 4) is 11.5 Å². The highest BCUT2D eigenvalue weighted by atomic mass is 16.3. The summed E-state index contributed by atoms with van der Waals surface area (Å²) in [5.41, 5.74) is 5.97. The Labute approximate surface area is 189 Å². The Kier molecular flexibility index (Phi) is 7.83. The van der Waals surface area contributed by atoms with Gasteiger partial charge in [-0.1, -0.05) is 76.9 Å². The molecule has 4 nitrogen and oxygen atoms in total. The third-order valence-electron chi connectivity index (χ3n) is 5.69. The highest BCUT2D eigenvalue weighted by molar-refractivity contribution is 5.47. The Bertz CT molecular complexity index is 905. The topological polar surface area (TPSA) is 64.5 Å². The fraction of sp³-hybridized carbons (Fsp3) is 0.556. The minimum atomic E-state index is -0.0975. The molecule has 4 N–H and O–H groups in total. The van der Waals surface area contributed by atoms with Crippen LogP contribution in [-0.4, -0.2) is 22.8 Å². The van der Waals surface area contributed by atoms with Crippen LogP contribution in [0.25, 0.3) is 0 Å². The summed E-state index contributed by atoms with van der Waals surface area (Å²) in [5.74, 6) is 0.788. The van der Waals surface area contributed by atoms with Crippen LogP contribution in [0.2, 0.25) is 0 Å². The normalized spacial score (nSPS) is 13.5. The quantitative estimate of drug-likeness (QED) is 0.467. The maximum Gasteiger partial charge on any atom is 0.123 e. The van der Waals surface area contributed by atoms with Crippen LogP contribution in [0.5, 0.6) is 11.5 Å². The lowest BCUT2D eigenvalue weighted by Gasteiger charge is -2.24. The molecular formula is C27H42N2O2. The lowest BCUT2D eigenvalue weighted by Crippen LogP contribution is -2.35. The van der Waals surface area contributed by atoms with E-state index < -0.39 is 0 Å². The van der Waals surface area contributed by atoms with Crippen molar-refractivity contribution in [3.05, 3.63) is 57.6 Å². The Morgan fingerprint density at radius 1 is 0.742 bits per heavy atom. The van der Waals surface area contributed by atoms with Crippen LogP contribution in [0, 0.1) is 13.8 Å². The van der Waals surface area contributed by atoms with Gasteiger partial charge in [-0.05, 0) is 42.7 Å². The van der Waals surface area contributed by atoms with Gasteiger partial charge in [-0.15, -0.1) is 0 Å². The van der Waals surface area contributed by atoms with Crippen molar-refractivity contribution in [1.82, 2.24) is 10.6 Å². The molecule has 31 heavy (non-hydrogen) atoms. The summed E-state index contributed by atoms with van der Waals surface area (Å²) in [6.07, 6.45) is 0. The zero-order chi connectivity index (χ0) is 23.6. The summed E-state index contributed by atoms with van der Waals surface area (Å²) >= 11 is 0. The van der Waals surface area contributed by atoms with Crippen LogP contribution in [0.4, 0.5) is 0 Å². The Balaban J connectivity index is 1.98. The van der Waals surface area contributed by atoms with Gasteiger partial charge in [0, 0.05) is 36.8 Å². The van der Waals surface area contributed by atoms with E-state index in [0.29, 0.717) is 24.6 Å². The third kappa shape index (κ3) is 6.72. The van der Waals surface area contributed by atoms with E-state index in [2.05, 4.69) is 97.2 Å². The van der Waals surface area contributed by atoms with Gasteiger partial charge in [-0.2, -0.15) is 0 Å². The maximum atomic E-state index is 10.8. The van der Waals surface area contributed by atoms with Crippen molar-refractivity contribution in [1.29, 1.82) is 0 Å². The molecule has 2 aromatic carbocycles. The van der Waals surface area contributed by atoms with E-state index in [9.17, 15) is 10.2 Å². The van der Waals surface area contributed by atoms with E-state index in [1.807, 2.05) is 0 Å². The van der Waals surface area contributed by atoms with Crippen LogP contribution in [0.15, 0.2) is 24.3 Å². The fourth-order valence-electron chi connectivity index (χ4n) is 3.90. The molecule has 0 aliphatic rings. The molecule has 0 bridgehead atoms. The predicted molar refractivity (Wildman–Crippen MR) is 131 cm³/mol. The van der Waals surface area contributed by atoms with Gasteiger partial charge in [0.2, 0.25) is 0 Å². The number of rotatable bonds is 7. The molecule has 2 rings (SSSR count). The lowest BCUT2D eigenvalue weighted by atomic mass is 9.84. The SMILES string of the molecule is Cc1cc(CNC[C@H](C)NCc2cc(C)cc(C(C)(C)C)c2O)c(O)c(C(C)(C)C)c1.